The summed E-state index contributed by atoms with van der Waals surface area (Å²) in [6.07, 6.45) is 2.87. The molecule has 0 saturated carbocycles. The van der Waals surface area contributed by atoms with Gasteiger partial charge in [0.15, 0.2) is 6.61 Å². The van der Waals surface area contributed by atoms with E-state index in [0.717, 1.165) is 0 Å². The fourth-order valence-electron chi connectivity index (χ4n) is 1.24. The Bertz CT molecular complexity index is 550. The van der Waals surface area contributed by atoms with E-state index in [2.05, 4.69) is 10.5 Å². The quantitative estimate of drug-likeness (QED) is 0.661. The van der Waals surface area contributed by atoms with E-state index in [4.69, 9.17) is 9.15 Å². The third-order valence-electron chi connectivity index (χ3n) is 2.11. The molecule has 98 valence electrons. The van der Waals surface area contributed by atoms with Crippen molar-refractivity contribution in [3.05, 3.63) is 54.2 Å². The third kappa shape index (κ3) is 4.27. The van der Waals surface area contributed by atoms with Crippen LogP contribution in [0.15, 0.2) is 52.2 Å². The van der Waals surface area contributed by atoms with Crippen molar-refractivity contribution in [2.24, 2.45) is 5.10 Å². The zero-order valence-electron chi connectivity index (χ0n) is 9.88. The summed E-state index contributed by atoms with van der Waals surface area (Å²) >= 11 is 0. The number of benzene rings is 1. The molecule has 6 heteroatoms. The Morgan fingerprint density at radius 3 is 2.84 bits per heavy atom. The van der Waals surface area contributed by atoms with Gasteiger partial charge < -0.3 is 9.15 Å². The number of hydrogen-bond donors (Lipinski definition) is 1. The molecule has 0 radical (unpaired) electrons. The van der Waals surface area contributed by atoms with Gasteiger partial charge in [0.1, 0.15) is 17.3 Å². The van der Waals surface area contributed by atoms with Crippen LogP contribution in [0.4, 0.5) is 4.39 Å². The molecule has 1 N–H and O–H groups in total. The SMILES string of the molecule is O=C(COc1ccc(F)cc1)N/N=C/c1ccco1. The first-order chi connectivity index (χ1) is 9.24. The number of carbonyl (C=O) groups is 1. The van der Waals surface area contributed by atoms with Gasteiger partial charge in [-0.3, -0.25) is 4.79 Å². The van der Waals surface area contributed by atoms with Crippen molar-refractivity contribution in [3.8, 4) is 5.75 Å². The van der Waals surface area contributed by atoms with Gasteiger partial charge in [-0.05, 0) is 36.4 Å². The van der Waals surface area contributed by atoms with Crippen LogP contribution in [-0.2, 0) is 4.79 Å². The van der Waals surface area contributed by atoms with Gasteiger partial charge in [-0.1, -0.05) is 0 Å². The van der Waals surface area contributed by atoms with Gasteiger partial charge in [-0.15, -0.1) is 0 Å². The van der Waals surface area contributed by atoms with Crippen LogP contribution < -0.4 is 10.2 Å². The number of ether oxygens (including phenoxy) is 1. The molecule has 0 fully saturated rings. The predicted molar refractivity (Wildman–Crippen MR) is 66.3 cm³/mol. The Morgan fingerprint density at radius 1 is 1.37 bits per heavy atom. The summed E-state index contributed by atoms with van der Waals surface area (Å²) in [5, 5.41) is 3.68. The molecule has 2 rings (SSSR count). The van der Waals surface area contributed by atoms with Crippen molar-refractivity contribution >= 4 is 12.1 Å². The lowest BCUT2D eigenvalue weighted by molar-refractivity contribution is -0.123. The van der Waals surface area contributed by atoms with E-state index >= 15 is 0 Å². The first-order valence-corrected chi connectivity index (χ1v) is 5.48. The predicted octanol–water partition coefficient (Wildman–Crippen LogP) is 1.95. The van der Waals surface area contributed by atoms with Gasteiger partial charge in [-0.25, -0.2) is 9.82 Å². The molecule has 0 bridgehead atoms. The first-order valence-electron chi connectivity index (χ1n) is 5.48. The molecule has 1 aromatic heterocycles. The van der Waals surface area contributed by atoms with Crippen LogP contribution in [0.5, 0.6) is 5.75 Å². The van der Waals surface area contributed by atoms with Crippen molar-refractivity contribution in [1.29, 1.82) is 0 Å². The lowest BCUT2D eigenvalue weighted by Crippen LogP contribution is -2.24. The Hall–Kier alpha value is -2.63. The second-order valence-corrected chi connectivity index (χ2v) is 3.55. The van der Waals surface area contributed by atoms with Crippen molar-refractivity contribution in [2.75, 3.05) is 6.61 Å². The number of furan rings is 1. The topological polar surface area (TPSA) is 63.8 Å². The monoisotopic (exact) mass is 262 g/mol. The van der Waals surface area contributed by atoms with Gasteiger partial charge in [0.2, 0.25) is 0 Å². The molecule has 0 unspecified atom stereocenters. The van der Waals surface area contributed by atoms with E-state index < -0.39 is 5.91 Å². The smallest absolute Gasteiger partial charge is 0.277 e. The van der Waals surface area contributed by atoms with Gasteiger partial charge in [0, 0.05) is 0 Å². The maximum Gasteiger partial charge on any atom is 0.277 e. The highest BCUT2D eigenvalue weighted by Crippen LogP contribution is 2.10. The van der Waals surface area contributed by atoms with Crippen LogP contribution in [0.25, 0.3) is 0 Å². The molecule has 0 saturated heterocycles. The van der Waals surface area contributed by atoms with Crippen molar-refractivity contribution in [3.63, 3.8) is 0 Å². The second kappa shape index (κ2) is 6.34. The molecule has 0 aliphatic carbocycles. The van der Waals surface area contributed by atoms with Crippen LogP contribution >= 0.6 is 0 Å². The molecule has 19 heavy (non-hydrogen) atoms. The zero-order chi connectivity index (χ0) is 13.5. The molecule has 0 aliphatic rings. The number of rotatable bonds is 5. The Morgan fingerprint density at radius 2 is 2.16 bits per heavy atom. The van der Waals surface area contributed by atoms with E-state index in [1.165, 1.54) is 36.7 Å². The number of amides is 1. The summed E-state index contributed by atoms with van der Waals surface area (Å²) in [5.41, 5.74) is 2.27. The molecule has 0 atom stereocenters. The van der Waals surface area contributed by atoms with Gasteiger partial charge in [0.25, 0.3) is 5.91 Å². The Kier molecular flexibility index (Phi) is 4.28. The Labute approximate surface area is 108 Å². The van der Waals surface area contributed by atoms with Crippen molar-refractivity contribution < 1.29 is 18.3 Å². The summed E-state index contributed by atoms with van der Waals surface area (Å²) in [5.74, 6) is 0.151. The standard InChI is InChI=1S/C13H11FN2O3/c14-10-3-5-11(6-4-10)19-9-13(17)16-15-8-12-2-1-7-18-12/h1-8H,9H2,(H,16,17)/b15-8+. The minimum absolute atomic E-state index is 0.207. The third-order valence-corrected chi connectivity index (χ3v) is 2.11. The maximum absolute atomic E-state index is 12.6. The average Bonchev–Trinajstić information content (AvgIpc) is 2.91. The first kappa shape index (κ1) is 12.8. The molecular formula is C13H11FN2O3. The highest BCUT2D eigenvalue weighted by Gasteiger charge is 2.01. The summed E-state index contributed by atoms with van der Waals surface area (Å²) in [6, 6.07) is 8.79. The number of hydrazone groups is 1. The molecule has 0 aliphatic heterocycles. The van der Waals surface area contributed by atoms with Crippen LogP contribution in [0.2, 0.25) is 0 Å². The summed E-state index contributed by atoms with van der Waals surface area (Å²) in [4.78, 5) is 11.4. The van der Waals surface area contributed by atoms with E-state index in [0.29, 0.717) is 11.5 Å². The normalized spacial score (nSPS) is 10.6. The molecule has 2 aromatic rings. The molecule has 1 aromatic carbocycles. The van der Waals surface area contributed by atoms with E-state index in [1.54, 1.807) is 12.1 Å². The van der Waals surface area contributed by atoms with Crippen LogP contribution in [0, 0.1) is 5.82 Å². The van der Waals surface area contributed by atoms with Gasteiger partial charge in [0.05, 0.1) is 12.5 Å². The Balaban J connectivity index is 1.74. The van der Waals surface area contributed by atoms with E-state index in [-0.39, 0.29) is 12.4 Å². The van der Waals surface area contributed by atoms with E-state index in [9.17, 15) is 9.18 Å². The van der Waals surface area contributed by atoms with E-state index in [1.807, 2.05) is 0 Å². The zero-order valence-corrected chi connectivity index (χ0v) is 9.88. The number of carbonyl (C=O) groups excluding carboxylic acids is 1. The van der Waals surface area contributed by atoms with Gasteiger partial charge >= 0.3 is 0 Å². The molecular weight excluding hydrogens is 251 g/mol. The van der Waals surface area contributed by atoms with Crippen molar-refractivity contribution in [2.45, 2.75) is 0 Å². The van der Waals surface area contributed by atoms with Crippen molar-refractivity contribution in [1.82, 2.24) is 5.43 Å². The number of halogens is 1. The van der Waals surface area contributed by atoms with Gasteiger partial charge in [-0.2, -0.15) is 5.10 Å². The average molecular weight is 262 g/mol. The highest BCUT2D eigenvalue weighted by atomic mass is 19.1. The largest absolute Gasteiger partial charge is 0.484 e. The molecule has 0 spiro atoms. The highest BCUT2D eigenvalue weighted by molar-refractivity contribution is 5.81. The molecule has 1 heterocycles. The number of hydrogen-bond acceptors (Lipinski definition) is 4. The lowest BCUT2D eigenvalue weighted by atomic mass is 10.3. The van der Waals surface area contributed by atoms with Crippen LogP contribution in [0.1, 0.15) is 5.76 Å². The fraction of sp³-hybridized carbons (Fsp3) is 0.0769. The minimum atomic E-state index is -0.424. The van der Waals surface area contributed by atoms with Crippen LogP contribution in [0.3, 0.4) is 0 Å². The summed E-state index contributed by atoms with van der Waals surface area (Å²) in [7, 11) is 0. The molecule has 1 amide bonds. The maximum atomic E-state index is 12.6. The number of nitrogens with one attached hydrogen (secondary N) is 1. The lowest BCUT2D eigenvalue weighted by Gasteiger charge is -2.04. The second-order valence-electron chi connectivity index (χ2n) is 3.55. The number of nitrogens with zero attached hydrogens (tertiary/aromatic N) is 1. The fourth-order valence-corrected chi connectivity index (χ4v) is 1.24. The van der Waals surface area contributed by atoms with Crippen LogP contribution in [-0.4, -0.2) is 18.7 Å². The summed E-state index contributed by atoms with van der Waals surface area (Å²) in [6.45, 7) is -0.207. The summed E-state index contributed by atoms with van der Waals surface area (Å²) < 4.78 is 22.7. The minimum Gasteiger partial charge on any atom is -0.484 e. The molecule has 5 nitrogen and oxygen atoms in total.